The van der Waals surface area contributed by atoms with E-state index in [1.54, 1.807) is 0 Å². The number of hydrogen-bond acceptors (Lipinski definition) is 5. The summed E-state index contributed by atoms with van der Waals surface area (Å²) in [7, 11) is 0. The topological polar surface area (TPSA) is 48.5 Å². The summed E-state index contributed by atoms with van der Waals surface area (Å²) >= 11 is 3.70. The lowest BCUT2D eigenvalue weighted by molar-refractivity contribution is 0.893. The van der Waals surface area contributed by atoms with Gasteiger partial charge in [0.05, 0.1) is 22.1 Å². The number of thiophene rings is 2. The molecule has 0 spiro atoms. The summed E-state index contributed by atoms with van der Waals surface area (Å²) in [4.78, 5) is 16.5. The van der Waals surface area contributed by atoms with Gasteiger partial charge in [-0.3, -0.25) is 9.13 Å². The monoisotopic (exact) mass is 851 g/mol. The van der Waals surface area contributed by atoms with Gasteiger partial charge in [-0.25, -0.2) is 0 Å². The molecule has 0 unspecified atom stereocenters. The molecule has 0 saturated carbocycles. The molecule has 0 amide bonds. The summed E-state index contributed by atoms with van der Waals surface area (Å²) in [6.45, 7) is 0. The average Bonchev–Trinajstić information content (AvgIpc) is 4.12. The van der Waals surface area contributed by atoms with Crippen LogP contribution in [0, 0.1) is 0 Å². The molecular formula is C57H33N5S2. The highest BCUT2D eigenvalue weighted by molar-refractivity contribution is 7.27. The van der Waals surface area contributed by atoms with Gasteiger partial charge in [-0.05, 0) is 64.7 Å². The molecular weight excluding hydrogens is 819 g/mol. The van der Waals surface area contributed by atoms with Crippen molar-refractivity contribution in [1.29, 1.82) is 0 Å². The van der Waals surface area contributed by atoms with Crippen molar-refractivity contribution in [1.82, 2.24) is 24.1 Å². The third kappa shape index (κ3) is 5.19. The molecule has 5 aromatic heterocycles. The van der Waals surface area contributed by atoms with Crippen LogP contribution in [0.1, 0.15) is 0 Å². The largest absolute Gasteiger partial charge is 0.278 e. The second kappa shape index (κ2) is 13.8. The van der Waals surface area contributed by atoms with Crippen LogP contribution in [-0.4, -0.2) is 24.1 Å². The Balaban J connectivity index is 1.09. The average molecular weight is 852 g/mol. The molecule has 14 aromatic rings. The molecule has 0 radical (unpaired) electrons. The van der Waals surface area contributed by atoms with Crippen molar-refractivity contribution in [3.63, 3.8) is 0 Å². The summed E-state index contributed by atoms with van der Waals surface area (Å²) < 4.78 is 9.58. The van der Waals surface area contributed by atoms with Crippen LogP contribution in [0.2, 0.25) is 0 Å². The van der Waals surface area contributed by atoms with Crippen LogP contribution >= 0.6 is 22.7 Å². The predicted molar refractivity (Wildman–Crippen MR) is 271 cm³/mol. The van der Waals surface area contributed by atoms with Crippen LogP contribution in [0.5, 0.6) is 0 Å². The lowest BCUT2D eigenvalue weighted by Crippen LogP contribution is -2.10. The standard InChI is InChI=1S/C57H33N5S2/c1-3-15-34(16-4-1)37-28-27-36(33-44(37)35-17-5-2-6-18-35)55-58-56(61-45-23-11-7-21-42(45)51-47(61)31-29-40-38-19-9-13-25-49(38)63-53(40)51)60-57(59-55)62-46-24-12-8-22-43(46)52-48(62)32-30-41-39-20-10-14-26-50(39)64-54(41)52/h1-33H. The molecule has 9 aromatic carbocycles. The molecule has 64 heavy (non-hydrogen) atoms. The molecule has 0 aliphatic heterocycles. The van der Waals surface area contributed by atoms with Crippen LogP contribution in [0.25, 0.3) is 129 Å². The minimum Gasteiger partial charge on any atom is -0.278 e. The van der Waals surface area contributed by atoms with Gasteiger partial charge >= 0.3 is 0 Å². The van der Waals surface area contributed by atoms with Gasteiger partial charge in [-0.15, -0.1) is 22.7 Å². The van der Waals surface area contributed by atoms with Crippen LogP contribution < -0.4 is 0 Å². The van der Waals surface area contributed by atoms with E-state index in [4.69, 9.17) is 15.0 Å². The van der Waals surface area contributed by atoms with E-state index in [9.17, 15) is 0 Å². The number of nitrogens with zero attached hydrogens (tertiary/aromatic N) is 5. The second-order valence-corrected chi connectivity index (χ2v) is 18.4. The van der Waals surface area contributed by atoms with Gasteiger partial charge in [-0.1, -0.05) is 158 Å². The zero-order valence-electron chi connectivity index (χ0n) is 34.1. The second-order valence-electron chi connectivity index (χ2n) is 16.3. The van der Waals surface area contributed by atoms with Crippen molar-refractivity contribution in [2.45, 2.75) is 0 Å². The first-order valence-electron chi connectivity index (χ1n) is 21.4. The molecule has 0 aliphatic rings. The van der Waals surface area contributed by atoms with Crippen molar-refractivity contribution in [2.24, 2.45) is 0 Å². The molecule has 0 aliphatic carbocycles. The summed E-state index contributed by atoms with van der Waals surface area (Å²) in [5.41, 5.74) is 9.65. The Labute approximate surface area is 374 Å². The number of benzene rings is 9. The molecule has 0 atom stereocenters. The fraction of sp³-hybridized carbons (Fsp3) is 0. The number of hydrogen-bond donors (Lipinski definition) is 0. The van der Waals surface area contributed by atoms with E-state index >= 15 is 0 Å². The van der Waals surface area contributed by atoms with Gasteiger partial charge < -0.3 is 0 Å². The number of fused-ring (bicyclic) bond motifs is 14. The maximum atomic E-state index is 5.55. The molecule has 5 nitrogen and oxygen atoms in total. The highest BCUT2D eigenvalue weighted by Gasteiger charge is 2.24. The van der Waals surface area contributed by atoms with Crippen LogP contribution in [0.4, 0.5) is 0 Å². The minimum atomic E-state index is 0.564. The van der Waals surface area contributed by atoms with Crippen LogP contribution in [-0.2, 0) is 0 Å². The smallest absolute Gasteiger partial charge is 0.240 e. The van der Waals surface area contributed by atoms with Gasteiger partial charge in [-0.2, -0.15) is 15.0 Å². The first-order valence-corrected chi connectivity index (χ1v) is 23.1. The van der Waals surface area contributed by atoms with Gasteiger partial charge in [0, 0.05) is 67.5 Å². The SMILES string of the molecule is c1ccc(-c2ccc(-c3nc(-n4c5ccccc5c5c6sc7ccccc7c6ccc54)nc(-n4c5ccccc5c5c6sc7ccccc7c6ccc54)n3)cc2-c2ccccc2)cc1. The predicted octanol–water partition coefficient (Wildman–Crippen LogP) is 15.8. The van der Waals surface area contributed by atoms with Crippen molar-refractivity contribution < 1.29 is 0 Å². The molecule has 5 heterocycles. The maximum absolute atomic E-state index is 5.55. The highest BCUT2D eigenvalue weighted by Crippen LogP contribution is 2.45. The fourth-order valence-corrected chi connectivity index (χ4v) is 12.5. The van der Waals surface area contributed by atoms with E-state index in [1.807, 2.05) is 22.7 Å². The first kappa shape index (κ1) is 35.6. The molecule has 14 rings (SSSR count). The Kier molecular flexibility index (Phi) is 7.66. The van der Waals surface area contributed by atoms with E-state index in [0.29, 0.717) is 17.7 Å². The lowest BCUT2D eigenvalue weighted by Gasteiger charge is -2.15. The summed E-state index contributed by atoms with van der Waals surface area (Å²) in [5, 5.41) is 9.83. The van der Waals surface area contributed by atoms with Gasteiger partial charge in [0.1, 0.15) is 0 Å². The zero-order valence-corrected chi connectivity index (χ0v) is 35.7. The Morgan fingerprint density at radius 1 is 0.312 bits per heavy atom. The maximum Gasteiger partial charge on any atom is 0.240 e. The highest BCUT2D eigenvalue weighted by atomic mass is 32.1. The summed E-state index contributed by atoms with van der Waals surface area (Å²) in [6, 6.07) is 71.7. The van der Waals surface area contributed by atoms with Crippen molar-refractivity contribution in [3.8, 4) is 45.5 Å². The molecule has 7 heteroatoms. The molecule has 0 saturated heterocycles. The number of rotatable bonds is 5. The summed E-state index contributed by atoms with van der Waals surface area (Å²) in [5.74, 6) is 1.72. The molecule has 0 N–H and O–H groups in total. The van der Waals surface area contributed by atoms with Crippen molar-refractivity contribution in [3.05, 3.63) is 200 Å². The van der Waals surface area contributed by atoms with Gasteiger partial charge in [0.2, 0.25) is 11.9 Å². The third-order valence-corrected chi connectivity index (χ3v) is 15.2. The van der Waals surface area contributed by atoms with Crippen LogP contribution in [0.3, 0.4) is 0 Å². The molecule has 0 bridgehead atoms. The Morgan fingerprint density at radius 3 is 1.30 bits per heavy atom. The molecule has 298 valence electrons. The Hall–Kier alpha value is -7.97. The van der Waals surface area contributed by atoms with E-state index < -0.39 is 0 Å². The fourth-order valence-electron chi connectivity index (χ4n) is 9.99. The van der Waals surface area contributed by atoms with Gasteiger partial charge in [0.15, 0.2) is 5.82 Å². The first-order chi connectivity index (χ1) is 31.7. The zero-order chi connectivity index (χ0) is 41.9. The number of aromatic nitrogens is 5. The van der Waals surface area contributed by atoms with Crippen LogP contribution in [0.15, 0.2) is 200 Å². The molecule has 0 fully saturated rings. The van der Waals surface area contributed by atoms with E-state index in [0.717, 1.165) is 49.9 Å². The Morgan fingerprint density at radius 2 is 0.766 bits per heavy atom. The van der Waals surface area contributed by atoms with E-state index in [1.165, 1.54) is 61.9 Å². The minimum absolute atomic E-state index is 0.564. The quantitative estimate of drug-likeness (QED) is 0.173. The number of para-hydroxylation sites is 2. The summed E-state index contributed by atoms with van der Waals surface area (Å²) in [6.07, 6.45) is 0. The third-order valence-electron chi connectivity index (χ3n) is 12.8. The Bertz CT molecular complexity index is 3990. The normalized spacial score (nSPS) is 12.1. The van der Waals surface area contributed by atoms with Crippen molar-refractivity contribution >= 4 is 107 Å². The van der Waals surface area contributed by atoms with Crippen molar-refractivity contribution in [2.75, 3.05) is 0 Å². The van der Waals surface area contributed by atoms with Gasteiger partial charge in [0.25, 0.3) is 0 Å². The van der Waals surface area contributed by atoms with E-state index in [-0.39, 0.29) is 0 Å². The van der Waals surface area contributed by atoms with E-state index in [2.05, 4.69) is 209 Å². The lowest BCUT2D eigenvalue weighted by atomic mass is 9.92.